The van der Waals surface area contributed by atoms with E-state index >= 15 is 0 Å². The van der Waals surface area contributed by atoms with Crippen LogP contribution >= 0.6 is 15.9 Å². The monoisotopic (exact) mass is 304 g/mol. The van der Waals surface area contributed by atoms with E-state index in [9.17, 15) is 4.79 Å². The molecule has 0 saturated carbocycles. The Morgan fingerprint density at radius 3 is 2.44 bits per heavy atom. The number of benzene rings is 1. The molecule has 1 heterocycles. The molecule has 0 radical (unpaired) electrons. The van der Waals surface area contributed by atoms with Crippen molar-refractivity contribution in [2.24, 2.45) is 0 Å². The fraction of sp³-hybridized carbons (Fsp3) is 0.286. The molecule has 0 bridgehead atoms. The van der Waals surface area contributed by atoms with E-state index in [1.54, 1.807) is 11.0 Å². The Morgan fingerprint density at radius 1 is 1.28 bits per heavy atom. The summed E-state index contributed by atoms with van der Waals surface area (Å²) in [5.41, 5.74) is 1.07. The van der Waals surface area contributed by atoms with Crippen LogP contribution in [0.3, 0.4) is 0 Å². The highest BCUT2D eigenvalue weighted by atomic mass is 79.9. The molecule has 1 aromatic rings. The van der Waals surface area contributed by atoms with Crippen LogP contribution in [0.5, 0.6) is 0 Å². The van der Waals surface area contributed by atoms with E-state index < -0.39 is 0 Å². The van der Waals surface area contributed by atoms with Crippen molar-refractivity contribution in [3.8, 4) is 6.07 Å². The fourth-order valence-electron chi connectivity index (χ4n) is 1.96. The third-order valence-electron chi connectivity index (χ3n) is 2.93. The smallest absolute Gasteiger partial charge is 0.264 e. The summed E-state index contributed by atoms with van der Waals surface area (Å²) in [7, 11) is 0. The molecule has 1 aliphatic heterocycles. The molecule has 3 nitrogen and oxygen atoms in total. The Balaban J connectivity index is 2.20. The largest absolute Gasteiger partial charge is 0.338 e. The standard InChI is InChI=1S/C14H13BrN2O/c15-13-5-3-11(4-6-13)9-12(10-16)14(18)17-7-1-2-8-17/h3-6,9H,1-2,7-8H2/b12-9+. The van der Waals surface area contributed by atoms with Crippen molar-refractivity contribution in [3.63, 3.8) is 0 Å². The zero-order chi connectivity index (χ0) is 13.0. The molecule has 0 N–H and O–H groups in total. The van der Waals surface area contributed by atoms with Gasteiger partial charge >= 0.3 is 0 Å². The first-order valence-corrected chi connectivity index (χ1v) is 6.66. The normalized spacial score (nSPS) is 15.6. The van der Waals surface area contributed by atoms with Crippen LogP contribution in [0.2, 0.25) is 0 Å². The Hall–Kier alpha value is -1.60. The minimum Gasteiger partial charge on any atom is -0.338 e. The van der Waals surface area contributed by atoms with E-state index in [1.165, 1.54) is 0 Å². The van der Waals surface area contributed by atoms with Crippen molar-refractivity contribution >= 4 is 27.9 Å². The molecule has 1 fully saturated rings. The molecule has 92 valence electrons. The van der Waals surface area contributed by atoms with Gasteiger partial charge in [-0.05, 0) is 36.6 Å². The number of likely N-dealkylation sites (tertiary alicyclic amines) is 1. The zero-order valence-corrected chi connectivity index (χ0v) is 11.5. The molecule has 1 aromatic carbocycles. The number of carbonyl (C=O) groups excluding carboxylic acids is 1. The molecule has 18 heavy (non-hydrogen) atoms. The summed E-state index contributed by atoms with van der Waals surface area (Å²) in [5, 5.41) is 9.10. The van der Waals surface area contributed by atoms with Crippen molar-refractivity contribution in [3.05, 3.63) is 39.9 Å². The average Bonchev–Trinajstić information content (AvgIpc) is 2.91. The summed E-state index contributed by atoms with van der Waals surface area (Å²) in [6.45, 7) is 1.52. The van der Waals surface area contributed by atoms with E-state index in [-0.39, 0.29) is 11.5 Å². The highest BCUT2D eigenvalue weighted by Crippen LogP contribution is 2.16. The molecular formula is C14H13BrN2O. The number of rotatable bonds is 2. The lowest BCUT2D eigenvalue weighted by Gasteiger charge is -2.13. The second kappa shape index (κ2) is 5.83. The zero-order valence-electron chi connectivity index (χ0n) is 9.90. The number of nitrogens with zero attached hydrogens (tertiary/aromatic N) is 2. The summed E-state index contributed by atoms with van der Waals surface area (Å²) >= 11 is 3.35. The highest BCUT2D eigenvalue weighted by Gasteiger charge is 2.21. The molecule has 0 atom stereocenters. The summed E-state index contributed by atoms with van der Waals surface area (Å²) in [5.74, 6) is -0.155. The number of halogens is 1. The molecule has 1 aliphatic rings. The molecule has 4 heteroatoms. The SMILES string of the molecule is N#C/C(=C\c1ccc(Br)cc1)C(=O)N1CCCC1. The maximum atomic E-state index is 12.1. The quantitative estimate of drug-likeness (QED) is 0.623. The van der Waals surface area contributed by atoms with Gasteiger partial charge in [-0.3, -0.25) is 4.79 Å². The lowest BCUT2D eigenvalue weighted by molar-refractivity contribution is -0.125. The minimum absolute atomic E-state index is 0.155. The molecule has 0 spiro atoms. The van der Waals surface area contributed by atoms with E-state index in [4.69, 9.17) is 5.26 Å². The minimum atomic E-state index is -0.155. The van der Waals surface area contributed by atoms with Crippen LogP contribution in [-0.4, -0.2) is 23.9 Å². The number of hydrogen-bond donors (Lipinski definition) is 0. The van der Waals surface area contributed by atoms with Crippen molar-refractivity contribution in [1.82, 2.24) is 4.90 Å². The molecule has 0 aliphatic carbocycles. The Labute approximate surface area is 115 Å². The average molecular weight is 305 g/mol. The summed E-state index contributed by atoms with van der Waals surface area (Å²) in [6, 6.07) is 9.53. The van der Waals surface area contributed by atoms with Crippen molar-refractivity contribution in [2.75, 3.05) is 13.1 Å². The molecular weight excluding hydrogens is 292 g/mol. The predicted octanol–water partition coefficient (Wildman–Crippen LogP) is 2.98. The van der Waals surface area contributed by atoms with Crippen molar-refractivity contribution < 1.29 is 4.79 Å². The second-order valence-corrected chi connectivity index (χ2v) is 5.14. The first-order chi connectivity index (χ1) is 8.70. The van der Waals surface area contributed by atoms with E-state index in [1.807, 2.05) is 30.3 Å². The first-order valence-electron chi connectivity index (χ1n) is 5.87. The van der Waals surface area contributed by atoms with Crippen LogP contribution in [0, 0.1) is 11.3 Å². The molecule has 0 aromatic heterocycles. The molecule has 1 amide bonds. The van der Waals surface area contributed by atoms with Gasteiger partial charge in [0.25, 0.3) is 5.91 Å². The van der Waals surface area contributed by atoms with Crippen LogP contribution in [0.15, 0.2) is 34.3 Å². The summed E-state index contributed by atoms with van der Waals surface area (Å²) < 4.78 is 0.976. The van der Waals surface area contributed by atoms with Gasteiger partial charge in [0.15, 0.2) is 0 Å². The molecule has 0 unspecified atom stereocenters. The van der Waals surface area contributed by atoms with Gasteiger partial charge in [0.1, 0.15) is 11.6 Å². The lowest BCUT2D eigenvalue weighted by atomic mass is 10.1. The van der Waals surface area contributed by atoms with Crippen molar-refractivity contribution in [1.29, 1.82) is 5.26 Å². The Kier molecular flexibility index (Phi) is 4.16. The fourth-order valence-corrected chi connectivity index (χ4v) is 2.22. The number of carbonyl (C=O) groups is 1. The van der Waals surface area contributed by atoms with Gasteiger partial charge in [-0.15, -0.1) is 0 Å². The Morgan fingerprint density at radius 2 is 1.89 bits per heavy atom. The Bertz CT molecular complexity index is 508. The first kappa shape index (κ1) is 12.8. The van der Waals surface area contributed by atoms with Crippen LogP contribution in [-0.2, 0) is 4.79 Å². The number of nitriles is 1. The number of amides is 1. The van der Waals surface area contributed by atoms with E-state index in [0.717, 1.165) is 36.0 Å². The maximum absolute atomic E-state index is 12.1. The summed E-state index contributed by atoms with van der Waals surface area (Å²) in [4.78, 5) is 13.8. The van der Waals surface area contributed by atoms with Gasteiger partial charge in [-0.2, -0.15) is 5.26 Å². The van der Waals surface area contributed by atoms with Crippen molar-refractivity contribution in [2.45, 2.75) is 12.8 Å². The maximum Gasteiger partial charge on any atom is 0.264 e. The topological polar surface area (TPSA) is 44.1 Å². The predicted molar refractivity (Wildman–Crippen MR) is 73.5 cm³/mol. The second-order valence-electron chi connectivity index (χ2n) is 4.22. The third kappa shape index (κ3) is 2.99. The van der Waals surface area contributed by atoms with Gasteiger partial charge < -0.3 is 4.90 Å². The van der Waals surface area contributed by atoms with Gasteiger partial charge in [0.05, 0.1) is 0 Å². The third-order valence-corrected chi connectivity index (χ3v) is 3.45. The van der Waals surface area contributed by atoms with Crippen LogP contribution in [0.4, 0.5) is 0 Å². The van der Waals surface area contributed by atoms with Crippen LogP contribution in [0.25, 0.3) is 6.08 Å². The van der Waals surface area contributed by atoms with Crippen LogP contribution in [0.1, 0.15) is 18.4 Å². The van der Waals surface area contributed by atoms with Gasteiger partial charge in [0, 0.05) is 17.6 Å². The lowest BCUT2D eigenvalue weighted by Crippen LogP contribution is -2.28. The van der Waals surface area contributed by atoms with E-state index in [2.05, 4.69) is 15.9 Å². The summed E-state index contributed by atoms with van der Waals surface area (Å²) in [6.07, 6.45) is 3.71. The van der Waals surface area contributed by atoms with Gasteiger partial charge in [0.2, 0.25) is 0 Å². The molecule has 2 rings (SSSR count). The van der Waals surface area contributed by atoms with Crippen LogP contribution < -0.4 is 0 Å². The highest BCUT2D eigenvalue weighted by molar-refractivity contribution is 9.10. The molecule has 1 saturated heterocycles. The number of hydrogen-bond acceptors (Lipinski definition) is 2. The van der Waals surface area contributed by atoms with Gasteiger partial charge in [-0.1, -0.05) is 28.1 Å². The van der Waals surface area contributed by atoms with E-state index in [0.29, 0.717) is 0 Å². The van der Waals surface area contributed by atoms with Gasteiger partial charge in [-0.25, -0.2) is 0 Å².